The van der Waals surface area contributed by atoms with Crippen molar-refractivity contribution in [1.82, 2.24) is 15.2 Å². The molecular formula is C11H15N3O3S2. The average molecular weight is 301 g/mol. The molecule has 1 aliphatic rings. The van der Waals surface area contributed by atoms with Crippen molar-refractivity contribution >= 4 is 35.0 Å². The number of carboxylic acids is 1. The Kier molecular flexibility index (Phi) is 5.17. The van der Waals surface area contributed by atoms with Gasteiger partial charge in [-0.05, 0) is 0 Å². The molecule has 0 saturated carbocycles. The summed E-state index contributed by atoms with van der Waals surface area (Å²) in [6.45, 7) is 3.50. The summed E-state index contributed by atoms with van der Waals surface area (Å²) in [5, 5.41) is 13.1. The molecule has 8 heteroatoms. The second-order valence-electron chi connectivity index (χ2n) is 4.05. The molecule has 1 aromatic heterocycles. The average Bonchev–Trinajstić information content (AvgIpc) is 2.89. The van der Waals surface area contributed by atoms with E-state index in [4.69, 9.17) is 5.11 Å². The van der Waals surface area contributed by atoms with Gasteiger partial charge in [0.15, 0.2) is 10.7 Å². The van der Waals surface area contributed by atoms with Crippen molar-refractivity contribution in [3.8, 4) is 0 Å². The SMILES string of the molecule is O=C(O)c1csc(C(=O)NCCN2CCSCC2)n1. The van der Waals surface area contributed by atoms with Crippen molar-refractivity contribution in [3.63, 3.8) is 0 Å². The number of rotatable bonds is 5. The monoisotopic (exact) mass is 301 g/mol. The zero-order chi connectivity index (χ0) is 13.7. The molecule has 0 unspecified atom stereocenters. The highest BCUT2D eigenvalue weighted by Gasteiger charge is 2.15. The van der Waals surface area contributed by atoms with Crippen molar-refractivity contribution in [2.45, 2.75) is 0 Å². The zero-order valence-corrected chi connectivity index (χ0v) is 11.9. The highest BCUT2D eigenvalue weighted by Crippen LogP contribution is 2.10. The molecule has 0 aliphatic carbocycles. The molecule has 0 spiro atoms. The second kappa shape index (κ2) is 6.88. The van der Waals surface area contributed by atoms with Crippen LogP contribution < -0.4 is 5.32 Å². The van der Waals surface area contributed by atoms with Crippen LogP contribution in [0.5, 0.6) is 0 Å². The zero-order valence-electron chi connectivity index (χ0n) is 10.3. The number of aromatic carboxylic acids is 1. The summed E-state index contributed by atoms with van der Waals surface area (Å²) < 4.78 is 0. The molecule has 1 fully saturated rings. The normalized spacial score (nSPS) is 16.2. The quantitative estimate of drug-likeness (QED) is 0.829. The lowest BCUT2D eigenvalue weighted by atomic mass is 10.4. The van der Waals surface area contributed by atoms with Gasteiger partial charge in [-0.15, -0.1) is 11.3 Å². The third kappa shape index (κ3) is 4.19. The lowest BCUT2D eigenvalue weighted by molar-refractivity contribution is 0.0691. The summed E-state index contributed by atoms with van der Waals surface area (Å²) in [7, 11) is 0. The van der Waals surface area contributed by atoms with Gasteiger partial charge in [-0.1, -0.05) is 0 Å². The number of thioether (sulfide) groups is 1. The van der Waals surface area contributed by atoms with Crippen LogP contribution in [0.3, 0.4) is 0 Å². The van der Waals surface area contributed by atoms with Gasteiger partial charge in [0.05, 0.1) is 0 Å². The van der Waals surface area contributed by atoms with Crippen molar-refractivity contribution in [1.29, 1.82) is 0 Å². The Morgan fingerprint density at radius 3 is 2.79 bits per heavy atom. The predicted octanol–water partition coefficient (Wildman–Crippen LogP) is 0.620. The first-order chi connectivity index (χ1) is 9.16. The maximum absolute atomic E-state index is 11.7. The van der Waals surface area contributed by atoms with E-state index in [1.165, 1.54) is 5.38 Å². The van der Waals surface area contributed by atoms with Crippen LogP contribution in [0.25, 0.3) is 0 Å². The number of nitrogens with zero attached hydrogens (tertiary/aromatic N) is 2. The highest BCUT2D eigenvalue weighted by atomic mass is 32.2. The molecule has 1 amide bonds. The Balaban J connectivity index is 1.75. The lowest BCUT2D eigenvalue weighted by Gasteiger charge is -2.25. The lowest BCUT2D eigenvalue weighted by Crippen LogP contribution is -2.39. The van der Waals surface area contributed by atoms with Gasteiger partial charge in [-0.2, -0.15) is 11.8 Å². The molecule has 1 aliphatic heterocycles. The number of aromatic nitrogens is 1. The second-order valence-corrected chi connectivity index (χ2v) is 6.14. The standard InChI is InChI=1S/C11H15N3O3S2/c15-9(10-13-8(7-19-10)11(16)17)12-1-2-14-3-5-18-6-4-14/h7H,1-6H2,(H,12,15)(H,16,17). The minimum absolute atomic E-state index is 0.0804. The van der Waals surface area contributed by atoms with E-state index in [0.29, 0.717) is 6.54 Å². The first-order valence-electron chi connectivity index (χ1n) is 5.94. The summed E-state index contributed by atoms with van der Waals surface area (Å²) in [6.07, 6.45) is 0. The van der Waals surface area contributed by atoms with Crippen LogP contribution in [0.15, 0.2) is 5.38 Å². The largest absolute Gasteiger partial charge is 0.476 e. The van der Waals surface area contributed by atoms with E-state index < -0.39 is 5.97 Å². The van der Waals surface area contributed by atoms with E-state index in [1.807, 2.05) is 11.8 Å². The van der Waals surface area contributed by atoms with Crippen molar-refractivity contribution < 1.29 is 14.7 Å². The van der Waals surface area contributed by atoms with E-state index in [9.17, 15) is 9.59 Å². The number of hydrogen-bond donors (Lipinski definition) is 2. The molecule has 104 valence electrons. The van der Waals surface area contributed by atoms with E-state index in [1.54, 1.807) is 0 Å². The number of carbonyl (C=O) groups excluding carboxylic acids is 1. The van der Waals surface area contributed by atoms with Gasteiger partial charge in [-0.3, -0.25) is 9.69 Å². The minimum Gasteiger partial charge on any atom is -0.476 e. The summed E-state index contributed by atoms with van der Waals surface area (Å²) in [6, 6.07) is 0. The predicted molar refractivity (Wildman–Crippen MR) is 75.2 cm³/mol. The van der Waals surface area contributed by atoms with Gasteiger partial charge < -0.3 is 10.4 Å². The van der Waals surface area contributed by atoms with Gasteiger partial charge >= 0.3 is 5.97 Å². The van der Waals surface area contributed by atoms with Gasteiger partial charge in [0.1, 0.15) is 0 Å². The maximum atomic E-state index is 11.7. The highest BCUT2D eigenvalue weighted by molar-refractivity contribution is 7.99. The molecule has 2 rings (SSSR count). The van der Waals surface area contributed by atoms with Gasteiger partial charge in [0.2, 0.25) is 0 Å². The van der Waals surface area contributed by atoms with Crippen molar-refractivity contribution in [2.75, 3.05) is 37.7 Å². The van der Waals surface area contributed by atoms with Crippen LogP contribution in [-0.2, 0) is 0 Å². The van der Waals surface area contributed by atoms with Crippen LogP contribution in [0.1, 0.15) is 20.3 Å². The molecule has 0 bridgehead atoms. The molecule has 19 heavy (non-hydrogen) atoms. The van der Waals surface area contributed by atoms with Crippen LogP contribution in [0.4, 0.5) is 0 Å². The first kappa shape index (κ1) is 14.3. The number of hydrogen-bond acceptors (Lipinski definition) is 6. The summed E-state index contributed by atoms with van der Waals surface area (Å²) >= 11 is 3.00. The molecule has 1 aromatic rings. The summed E-state index contributed by atoms with van der Waals surface area (Å²) in [5.41, 5.74) is -0.0804. The number of nitrogens with one attached hydrogen (secondary N) is 1. The molecule has 2 heterocycles. The van der Waals surface area contributed by atoms with E-state index in [2.05, 4.69) is 15.2 Å². The smallest absolute Gasteiger partial charge is 0.355 e. The molecule has 6 nitrogen and oxygen atoms in total. The minimum atomic E-state index is -1.11. The van der Waals surface area contributed by atoms with Crippen molar-refractivity contribution in [2.24, 2.45) is 0 Å². The summed E-state index contributed by atoms with van der Waals surface area (Å²) in [5.74, 6) is 0.871. The van der Waals surface area contributed by atoms with Crippen LogP contribution in [0, 0.1) is 0 Å². The van der Waals surface area contributed by atoms with Crippen molar-refractivity contribution in [3.05, 3.63) is 16.1 Å². The van der Waals surface area contributed by atoms with Crippen LogP contribution in [0.2, 0.25) is 0 Å². The van der Waals surface area contributed by atoms with Crippen LogP contribution in [-0.4, -0.2) is 64.6 Å². The molecule has 1 saturated heterocycles. The molecule has 0 aromatic carbocycles. The number of carbonyl (C=O) groups is 2. The van der Waals surface area contributed by atoms with E-state index in [-0.39, 0.29) is 16.6 Å². The molecule has 0 radical (unpaired) electrons. The summed E-state index contributed by atoms with van der Waals surface area (Å²) in [4.78, 5) is 28.5. The van der Waals surface area contributed by atoms with Gasteiger partial charge in [-0.25, -0.2) is 9.78 Å². The van der Waals surface area contributed by atoms with Gasteiger partial charge in [0, 0.05) is 43.1 Å². The Bertz CT molecular complexity index is 458. The topological polar surface area (TPSA) is 82.5 Å². The molecule has 2 N–H and O–H groups in total. The maximum Gasteiger partial charge on any atom is 0.355 e. The van der Waals surface area contributed by atoms with E-state index in [0.717, 1.165) is 42.5 Å². The Hall–Kier alpha value is -1.12. The fraction of sp³-hybridized carbons (Fsp3) is 0.545. The van der Waals surface area contributed by atoms with Crippen LogP contribution >= 0.6 is 23.1 Å². The first-order valence-corrected chi connectivity index (χ1v) is 7.97. The third-order valence-electron chi connectivity index (χ3n) is 2.73. The third-order valence-corrected chi connectivity index (χ3v) is 4.52. The van der Waals surface area contributed by atoms with Gasteiger partial charge in [0.25, 0.3) is 5.91 Å². The fourth-order valence-electron chi connectivity index (χ4n) is 1.70. The fourth-order valence-corrected chi connectivity index (χ4v) is 3.39. The number of thiazole rings is 1. The number of carboxylic acid groups (broad SMARTS) is 1. The van der Waals surface area contributed by atoms with E-state index >= 15 is 0 Å². The molecule has 0 atom stereocenters. The number of amides is 1. The Morgan fingerprint density at radius 2 is 2.16 bits per heavy atom. The Morgan fingerprint density at radius 1 is 1.42 bits per heavy atom. The molecular weight excluding hydrogens is 286 g/mol. The Labute approximate surface area is 119 Å².